The largest absolute Gasteiger partial charge is 0.324 e. The quantitative estimate of drug-likeness (QED) is 0.834. The normalized spacial score (nSPS) is 18.6. The van der Waals surface area contributed by atoms with Gasteiger partial charge in [-0.2, -0.15) is 4.31 Å². The number of rotatable bonds is 5. The van der Waals surface area contributed by atoms with Crippen LogP contribution in [0.3, 0.4) is 0 Å². The summed E-state index contributed by atoms with van der Waals surface area (Å²) in [7, 11) is -3.65. The van der Waals surface area contributed by atoms with E-state index in [4.69, 9.17) is 0 Å². The van der Waals surface area contributed by atoms with Crippen molar-refractivity contribution in [3.8, 4) is 0 Å². The highest BCUT2D eigenvalue weighted by Gasteiger charge is 2.35. The van der Waals surface area contributed by atoms with Gasteiger partial charge in [0, 0.05) is 25.1 Å². The van der Waals surface area contributed by atoms with Crippen molar-refractivity contribution in [1.82, 2.24) is 4.31 Å². The van der Waals surface area contributed by atoms with Crippen molar-refractivity contribution in [1.29, 1.82) is 0 Å². The van der Waals surface area contributed by atoms with Gasteiger partial charge in [-0.3, -0.25) is 4.79 Å². The van der Waals surface area contributed by atoms with Crippen molar-refractivity contribution in [3.63, 3.8) is 0 Å². The number of amides is 1. The molecule has 0 unspecified atom stereocenters. The second-order valence-corrected chi connectivity index (χ2v) is 9.14. The van der Waals surface area contributed by atoms with Gasteiger partial charge in [0.2, 0.25) is 5.91 Å². The second kappa shape index (κ2) is 7.81. The molecule has 1 aromatic carbocycles. The molecule has 9 heteroatoms. The van der Waals surface area contributed by atoms with E-state index in [2.05, 4.69) is 5.32 Å². The number of carbonyl (C=O) groups is 1. The Balaban J connectivity index is 1.73. The molecule has 1 aromatic heterocycles. The maximum Gasteiger partial charge on any atom is 0.252 e. The topological polar surface area (TPSA) is 66.5 Å². The Morgan fingerprint density at radius 1 is 1.27 bits per heavy atom. The van der Waals surface area contributed by atoms with Gasteiger partial charge in [-0.15, -0.1) is 11.3 Å². The summed E-state index contributed by atoms with van der Waals surface area (Å²) in [6, 6.07) is 5.60. The molecule has 1 fully saturated rings. The van der Waals surface area contributed by atoms with E-state index in [-0.39, 0.29) is 16.3 Å². The highest BCUT2D eigenvalue weighted by molar-refractivity contribution is 7.91. The maximum atomic E-state index is 13.7. The van der Waals surface area contributed by atoms with E-state index >= 15 is 0 Å². The van der Waals surface area contributed by atoms with Crippen LogP contribution in [0.25, 0.3) is 0 Å². The summed E-state index contributed by atoms with van der Waals surface area (Å²) in [5.41, 5.74) is -0.125. The lowest BCUT2D eigenvalue weighted by Crippen LogP contribution is -2.45. The third-order valence-corrected chi connectivity index (χ3v) is 7.58. The van der Waals surface area contributed by atoms with Crippen LogP contribution in [0.15, 0.2) is 39.9 Å². The van der Waals surface area contributed by atoms with E-state index in [1.165, 1.54) is 4.31 Å². The Labute approximate surface area is 154 Å². The van der Waals surface area contributed by atoms with Crippen molar-refractivity contribution in [2.45, 2.75) is 35.9 Å². The van der Waals surface area contributed by atoms with Gasteiger partial charge in [0.15, 0.2) is 0 Å². The second-order valence-electron chi connectivity index (χ2n) is 6.07. The fourth-order valence-corrected chi connectivity index (χ4v) is 5.84. The van der Waals surface area contributed by atoms with Crippen molar-refractivity contribution < 1.29 is 22.0 Å². The average Bonchev–Trinajstić information content (AvgIpc) is 3.13. The minimum absolute atomic E-state index is 0.0819. The standard InChI is InChI=1S/C17H18F2N2O3S2/c18-12-6-7-15(14(19)10-12)20-16(22)11-13-4-1-2-8-21(13)26(23,24)17-5-3-9-25-17/h3,5-7,9-10,13H,1-2,4,8,11H2,(H,20,22)/t13-/m1/s1. The molecule has 1 aliphatic heterocycles. The molecule has 1 N–H and O–H groups in total. The number of anilines is 1. The first-order chi connectivity index (χ1) is 12.4. The zero-order chi connectivity index (χ0) is 18.7. The summed E-state index contributed by atoms with van der Waals surface area (Å²) < 4.78 is 53.8. The molecular weight excluding hydrogens is 382 g/mol. The Hall–Kier alpha value is -1.84. The lowest BCUT2D eigenvalue weighted by Gasteiger charge is -2.34. The zero-order valence-electron chi connectivity index (χ0n) is 13.8. The first-order valence-corrected chi connectivity index (χ1v) is 10.5. The van der Waals surface area contributed by atoms with Gasteiger partial charge in [0.25, 0.3) is 10.0 Å². The molecule has 3 rings (SSSR count). The monoisotopic (exact) mass is 400 g/mol. The SMILES string of the molecule is O=C(C[C@H]1CCCCN1S(=O)(=O)c1cccs1)Nc1ccc(F)cc1F. The van der Waals surface area contributed by atoms with Crippen molar-refractivity contribution >= 4 is 33.0 Å². The number of carbonyl (C=O) groups excluding carboxylic acids is 1. The van der Waals surface area contributed by atoms with E-state index in [9.17, 15) is 22.0 Å². The van der Waals surface area contributed by atoms with E-state index in [1.54, 1.807) is 17.5 Å². The van der Waals surface area contributed by atoms with Gasteiger partial charge < -0.3 is 5.32 Å². The summed E-state index contributed by atoms with van der Waals surface area (Å²) >= 11 is 1.14. The van der Waals surface area contributed by atoms with Crippen LogP contribution in [-0.4, -0.2) is 31.2 Å². The highest BCUT2D eigenvalue weighted by atomic mass is 32.2. The summed E-state index contributed by atoms with van der Waals surface area (Å²) in [4.78, 5) is 12.3. The summed E-state index contributed by atoms with van der Waals surface area (Å²) in [5.74, 6) is -2.11. The number of hydrogen-bond acceptors (Lipinski definition) is 4. The number of nitrogens with one attached hydrogen (secondary N) is 1. The summed E-state index contributed by atoms with van der Waals surface area (Å²) in [5, 5.41) is 4.08. The molecular formula is C17H18F2N2O3S2. The van der Waals surface area contributed by atoms with Gasteiger partial charge in [0.05, 0.1) is 5.69 Å². The lowest BCUT2D eigenvalue weighted by atomic mass is 10.0. The molecule has 2 heterocycles. The van der Waals surface area contributed by atoms with E-state index in [0.29, 0.717) is 19.0 Å². The highest BCUT2D eigenvalue weighted by Crippen LogP contribution is 2.29. The molecule has 5 nitrogen and oxygen atoms in total. The molecule has 1 saturated heterocycles. The Kier molecular flexibility index (Phi) is 5.69. The zero-order valence-corrected chi connectivity index (χ0v) is 15.5. The molecule has 0 spiro atoms. The fraction of sp³-hybridized carbons (Fsp3) is 0.353. The first kappa shape index (κ1) is 18.9. The van der Waals surface area contributed by atoms with Crippen LogP contribution in [0, 0.1) is 11.6 Å². The van der Waals surface area contributed by atoms with Gasteiger partial charge in [-0.25, -0.2) is 17.2 Å². The smallest absolute Gasteiger partial charge is 0.252 e. The van der Waals surface area contributed by atoms with Crippen LogP contribution in [0.5, 0.6) is 0 Å². The van der Waals surface area contributed by atoms with E-state index < -0.39 is 33.6 Å². The number of benzene rings is 1. The molecule has 1 aliphatic rings. The third-order valence-electron chi connectivity index (χ3n) is 4.26. The average molecular weight is 400 g/mol. The molecule has 0 bridgehead atoms. The summed E-state index contributed by atoms with van der Waals surface area (Å²) in [6.07, 6.45) is 2.03. The Morgan fingerprint density at radius 3 is 2.77 bits per heavy atom. The molecule has 1 amide bonds. The number of piperidine rings is 1. The number of nitrogens with zero attached hydrogens (tertiary/aromatic N) is 1. The number of hydrogen-bond donors (Lipinski definition) is 1. The van der Waals surface area contributed by atoms with Gasteiger partial charge in [0.1, 0.15) is 15.8 Å². The van der Waals surface area contributed by atoms with Crippen LogP contribution in [-0.2, 0) is 14.8 Å². The third kappa shape index (κ3) is 4.11. The number of thiophene rings is 1. The first-order valence-electron chi connectivity index (χ1n) is 8.18. The van der Waals surface area contributed by atoms with E-state index in [0.717, 1.165) is 36.3 Å². The molecule has 0 aliphatic carbocycles. The Morgan fingerprint density at radius 2 is 2.08 bits per heavy atom. The lowest BCUT2D eigenvalue weighted by molar-refractivity contribution is -0.117. The van der Waals surface area contributed by atoms with Crippen LogP contribution < -0.4 is 5.32 Å². The number of halogens is 2. The maximum absolute atomic E-state index is 13.7. The fourth-order valence-electron chi connectivity index (χ4n) is 3.03. The Bertz CT molecular complexity index is 885. The predicted molar refractivity (Wildman–Crippen MR) is 95.5 cm³/mol. The van der Waals surface area contributed by atoms with Crippen LogP contribution in [0.2, 0.25) is 0 Å². The van der Waals surface area contributed by atoms with E-state index in [1.807, 2.05) is 0 Å². The molecule has 2 aromatic rings. The van der Waals surface area contributed by atoms with Crippen LogP contribution in [0.4, 0.5) is 14.5 Å². The van der Waals surface area contributed by atoms with Crippen molar-refractivity contribution in [2.75, 3.05) is 11.9 Å². The van der Waals surface area contributed by atoms with Crippen molar-refractivity contribution in [2.24, 2.45) is 0 Å². The predicted octanol–water partition coefficient (Wildman–Crippen LogP) is 3.60. The minimum atomic E-state index is -3.65. The summed E-state index contributed by atoms with van der Waals surface area (Å²) in [6.45, 7) is 0.350. The molecule has 26 heavy (non-hydrogen) atoms. The molecule has 1 atom stereocenters. The van der Waals surface area contributed by atoms with Gasteiger partial charge in [-0.1, -0.05) is 12.5 Å². The molecule has 0 saturated carbocycles. The van der Waals surface area contributed by atoms with Crippen LogP contribution in [0.1, 0.15) is 25.7 Å². The van der Waals surface area contributed by atoms with Gasteiger partial charge in [-0.05, 0) is 36.4 Å². The van der Waals surface area contributed by atoms with Crippen molar-refractivity contribution in [3.05, 3.63) is 47.3 Å². The van der Waals surface area contributed by atoms with Crippen LogP contribution >= 0.6 is 11.3 Å². The van der Waals surface area contributed by atoms with Gasteiger partial charge >= 0.3 is 0 Å². The molecule has 0 radical (unpaired) electrons. The molecule has 140 valence electrons. The number of sulfonamides is 1. The minimum Gasteiger partial charge on any atom is -0.324 e.